The van der Waals surface area contributed by atoms with Crippen LogP contribution in [0.2, 0.25) is 0 Å². The molecule has 0 bridgehead atoms. The Morgan fingerprint density at radius 1 is 1.30 bits per heavy atom. The van der Waals surface area contributed by atoms with Crippen LogP contribution in [0.4, 0.5) is 11.5 Å². The largest absolute Gasteiger partial charge is 0.307 e. The molecule has 1 aromatic carbocycles. The predicted molar refractivity (Wildman–Crippen MR) is 89.7 cm³/mol. The smallest absolute Gasteiger partial charge is 0.265 e. The summed E-state index contributed by atoms with van der Waals surface area (Å²) < 4.78 is 28.8. The van der Waals surface area contributed by atoms with E-state index in [4.69, 9.17) is 5.84 Å². The van der Waals surface area contributed by atoms with Gasteiger partial charge in [0, 0.05) is 14.2 Å². The van der Waals surface area contributed by atoms with Crippen LogP contribution in [0.1, 0.15) is 0 Å². The van der Waals surface area contributed by atoms with Crippen LogP contribution in [0.5, 0.6) is 0 Å². The molecule has 0 saturated carbocycles. The number of nitrogens with zero attached hydrogens (tertiary/aromatic N) is 1. The summed E-state index contributed by atoms with van der Waals surface area (Å²) in [7, 11) is -3.78. The van der Waals surface area contributed by atoms with Gasteiger partial charge in [0.05, 0.1) is 5.69 Å². The molecule has 0 amide bonds. The maximum atomic E-state index is 12.4. The van der Waals surface area contributed by atoms with E-state index in [9.17, 15) is 8.42 Å². The van der Waals surface area contributed by atoms with Gasteiger partial charge in [-0.3, -0.25) is 4.72 Å². The van der Waals surface area contributed by atoms with Gasteiger partial charge in [0.25, 0.3) is 10.0 Å². The van der Waals surface area contributed by atoms with Gasteiger partial charge in [-0.05, 0) is 52.9 Å². The monoisotopic (exact) mass is 468 g/mol. The topological polar surface area (TPSA) is 97.1 Å². The third-order valence-corrected chi connectivity index (χ3v) is 5.20. The van der Waals surface area contributed by atoms with Gasteiger partial charge in [-0.1, -0.05) is 15.9 Å². The maximum Gasteiger partial charge on any atom is 0.265 e. The molecule has 1 heterocycles. The number of hydrazine groups is 1. The highest BCUT2D eigenvalue weighted by Gasteiger charge is 2.20. The van der Waals surface area contributed by atoms with Crippen LogP contribution in [0, 0.1) is 3.57 Å². The molecule has 2 aromatic rings. The maximum absolute atomic E-state index is 12.4. The summed E-state index contributed by atoms with van der Waals surface area (Å²) in [6.45, 7) is 0. The first-order valence-corrected chi connectivity index (χ1v) is 8.69. The fourth-order valence-corrected chi connectivity index (χ4v) is 3.70. The van der Waals surface area contributed by atoms with E-state index in [1.165, 1.54) is 18.3 Å². The first-order valence-electron chi connectivity index (χ1n) is 5.33. The zero-order chi connectivity index (χ0) is 14.8. The Hall–Kier alpha value is -0.910. The Labute approximate surface area is 138 Å². The van der Waals surface area contributed by atoms with Crippen molar-refractivity contribution >= 4 is 60.0 Å². The van der Waals surface area contributed by atoms with E-state index in [1.807, 2.05) is 6.07 Å². The number of halogens is 2. The van der Waals surface area contributed by atoms with Gasteiger partial charge in [0.2, 0.25) is 0 Å². The average molecular weight is 469 g/mol. The molecule has 0 unspecified atom stereocenters. The third kappa shape index (κ3) is 3.40. The van der Waals surface area contributed by atoms with Gasteiger partial charge in [-0.25, -0.2) is 19.2 Å². The summed E-state index contributed by atoms with van der Waals surface area (Å²) in [6.07, 6.45) is 1.46. The standard InChI is InChI=1S/C11H10BrIN4O2S/c12-7-3-4-8(13)9(6-7)17-20(18,19)10-2-1-5-15-11(10)16-14/h1-6,17H,14H2,(H,15,16). The van der Waals surface area contributed by atoms with Gasteiger partial charge in [-0.2, -0.15) is 0 Å². The molecule has 0 radical (unpaired) electrons. The van der Waals surface area contributed by atoms with Gasteiger partial charge < -0.3 is 5.43 Å². The molecule has 20 heavy (non-hydrogen) atoms. The number of aromatic nitrogens is 1. The summed E-state index contributed by atoms with van der Waals surface area (Å²) in [4.78, 5) is 3.86. The highest BCUT2D eigenvalue weighted by Crippen LogP contribution is 2.27. The van der Waals surface area contributed by atoms with Crippen LogP contribution in [0.3, 0.4) is 0 Å². The fourth-order valence-electron chi connectivity index (χ4n) is 1.49. The number of hydrogen-bond acceptors (Lipinski definition) is 5. The first-order chi connectivity index (χ1) is 9.44. The Kier molecular flexibility index (Phi) is 4.83. The SMILES string of the molecule is NNc1ncccc1S(=O)(=O)Nc1cc(Br)ccc1I. The molecular formula is C11H10BrIN4O2S. The van der Waals surface area contributed by atoms with E-state index in [0.717, 1.165) is 8.04 Å². The summed E-state index contributed by atoms with van der Waals surface area (Å²) in [5.74, 6) is 5.37. The van der Waals surface area contributed by atoms with Crippen LogP contribution < -0.4 is 16.0 Å². The van der Waals surface area contributed by atoms with Crippen LogP contribution in [0.15, 0.2) is 45.9 Å². The van der Waals surface area contributed by atoms with Crippen molar-refractivity contribution in [3.05, 3.63) is 44.6 Å². The van der Waals surface area contributed by atoms with Gasteiger partial charge in [-0.15, -0.1) is 0 Å². The molecule has 0 fully saturated rings. The van der Waals surface area contributed by atoms with Crippen molar-refractivity contribution in [2.45, 2.75) is 4.90 Å². The predicted octanol–water partition coefficient (Wildman–Crippen LogP) is 2.54. The minimum Gasteiger partial charge on any atom is -0.307 e. The number of rotatable bonds is 4. The molecule has 6 nitrogen and oxygen atoms in total. The van der Waals surface area contributed by atoms with E-state index < -0.39 is 10.0 Å². The molecule has 0 atom stereocenters. The van der Waals surface area contributed by atoms with Crippen molar-refractivity contribution < 1.29 is 8.42 Å². The molecular weight excluding hydrogens is 459 g/mol. The lowest BCUT2D eigenvalue weighted by Crippen LogP contribution is -2.18. The lowest BCUT2D eigenvalue weighted by molar-refractivity contribution is 0.601. The number of nitrogens with one attached hydrogen (secondary N) is 2. The number of pyridine rings is 1. The zero-order valence-electron chi connectivity index (χ0n) is 9.97. The molecule has 0 spiro atoms. The van der Waals surface area contributed by atoms with Crippen LogP contribution >= 0.6 is 38.5 Å². The van der Waals surface area contributed by atoms with Crippen LogP contribution in [-0.2, 0) is 10.0 Å². The number of benzene rings is 1. The molecule has 106 valence electrons. The van der Waals surface area contributed by atoms with Gasteiger partial charge in [0.15, 0.2) is 5.82 Å². The molecule has 9 heteroatoms. The van der Waals surface area contributed by atoms with Crippen molar-refractivity contribution in [1.82, 2.24) is 4.98 Å². The Balaban J connectivity index is 2.43. The van der Waals surface area contributed by atoms with Crippen LogP contribution in [-0.4, -0.2) is 13.4 Å². The van der Waals surface area contributed by atoms with E-state index in [0.29, 0.717) is 5.69 Å². The first kappa shape index (κ1) is 15.5. The second-order valence-electron chi connectivity index (χ2n) is 3.72. The molecule has 1 aromatic heterocycles. The molecule has 0 aliphatic rings. The quantitative estimate of drug-likeness (QED) is 0.364. The second kappa shape index (κ2) is 6.24. The number of nitrogen functional groups attached to an aromatic ring is 1. The Bertz CT molecular complexity index is 739. The van der Waals surface area contributed by atoms with Gasteiger partial charge in [0.1, 0.15) is 4.90 Å². The van der Waals surface area contributed by atoms with Crippen molar-refractivity contribution in [3.63, 3.8) is 0 Å². The highest BCUT2D eigenvalue weighted by molar-refractivity contribution is 14.1. The summed E-state index contributed by atoms with van der Waals surface area (Å²) in [6, 6.07) is 8.27. The van der Waals surface area contributed by atoms with Gasteiger partial charge >= 0.3 is 0 Å². The van der Waals surface area contributed by atoms with Crippen molar-refractivity contribution in [1.29, 1.82) is 0 Å². The van der Waals surface area contributed by atoms with E-state index in [-0.39, 0.29) is 10.7 Å². The highest BCUT2D eigenvalue weighted by atomic mass is 127. The summed E-state index contributed by atoms with van der Waals surface area (Å²) in [5.41, 5.74) is 2.75. The van der Waals surface area contributed by atoms with Crippen molar-refractivity contribution in [3.8, 4) is 0 Å². The average Bonchev–Trinajstić information content (AvgIpc) is 2.42. The molecule has 0 aliphatic carbocycles. The third-order valence-electron chi connectivity index (χ3n) is 2.37. The minimum absolute atomic E-state index is 0.0155. The normalized spacial score (nSPS) is 11.2. The zero-order valence-corrected chi connectivity index (χ0v) is 14.5. The minimum atomic E-state index is -3.78. The molecule has 0 aliphatic heterocycles. The molecule has 0 saturated heterocycles. The number of hydrogen-bond donors (Lipinski definition) is 3. The van der Waals surface area contributed by atoms with E-state index in [1.54, 1.807) is 12.1 Å². The summed E-state index contributed by atoms with van der Waals surface area (Å²) >= 11 is 5.36. The second-order valence-corrected chi connectivity index (χ2v) is 7.45. The lowest BCUT2D eigenvalue weighted by Gasteiger charge is -2.12. The molecule has 2 rings (SSSR count). The van der Waals surface area contributed by atoms with Crippen molar-refractivity contribution in [2.24, 2.45) is 5.84 Å². The summed E-state index contributed by atoms with van der Waals surface area (Å²) in [5, 5.41) is 0. The number of sulfonamides is 1. The van der Waals surface area contributed by atoms with Crippen LogP contribution in [0.25, 0.3) is 0 Å². The van der Waals surface area contributed by atoms with E-state index >= 15 is 0 Å². The number of nitrogens with two attached hydrogens (primary N) is 1. The van der Waals surface area contributed by atoms with E-state index in [2.05, 4.69) is 53.7 Å². The van der Waals surface area contributed by atoms with Crippen molar-refractivity contribution in [2.75, 3.05) is 10.1 Å². The number of anilines is 2. The Morgan fingerprint density at radius 2 is 2.05 bits per heavy atom. The lowest BCUT2D eigenvalue weighted by atomic mass is 10.3. The Morgan fingerprint density at radius 3 is 2.75 bits per heavy atom. The fraction of sp³-hybridized carbons (Fsp3) is 0. The molecule has 4 N–H and O–H groups in total.